The van der Waals surface area contributed by atoms with Crippen molar-refractivity contribution in [2.24, 2.45) is 0 Å². The Morgan fingerprint density at radius 2 is 2.04 bits per heavy atom. The molecule has 0 aliphatic carbocycles. The highest BCUT2D eigenvalue weighted by Gasteiger charge is 2.17. The van der Waals surface area contributed by atoms with Gasteiger partial charge in [0.05, 0.1) is 11.0 Å². The lowest BCUT2D eigenvalue weighted by atomic mass is 10.2. The number of aromatic amines is 1. The van der Waals surface area contributed by atoms with Crippen molar-refractivity contribution in [3.63, 3.8) is 0 Å². The van der Waals surface area contributed by atoms with Gasteiger partial charge < -0.3 is 0 Å². The van der Waals surface area contributed by atoms with Crippen molar-refractivity contribution < 1.29 is 0 Å². The zero-order valence-corrected chi connectivity index (χ0v) is 14.6. The Hall–Kier alpha value is -2.45. The minimum Gasteiger partial charge on any atom is -0.254 e. The number of para-hydroxylation sites is 2. The predicted octanol–water partition coefficient (Wildman–Crippen LogP) is 3.98. The Kier molecular flexibility index (Phi) is 2.92. The maximum Gasteiger partial charge on any atom is 0.231 e. The van der Waals surface area contributed by atoms with E-state index in [9.17, 15) is 0 Å². The molecule has 118 valence electrons. The number of thiophene rings is 1. The Morgan fingerprint density at radius 1 is 1.17 bits per heavy atom. The van der Waals surface area contributed by atoms with Gasteiger partial charge in [-0.2, -0.15) is 0 Å². The van der Waals surface area contributed by atoms with Crippen molar-refractivity contribution in [2.75, 3.05) is 0 Å². The van der Waals surface area contributed by atoms with E-state index in [4.69, 9.17) is 0 Å². The number of hydrogen-bond donors (Lipinski definition) is 1. The summed E-state index contributed by atoms with van der Waals surface area (Å²) in [6.07, 6.45) is 1.62. The van der Waals surface area contributed by atoms with E-state index in [1.54, 1.807) is 17.7 Å². The molecule has 8 heteroatoms. The number of imidazole rings is 1. The van der Waals surface area contributed by atoms with Gasteiger partial charge >= 0.3 is 0 Å². The number of aromatic nitrogens is 6. The molecule has 0 radical (unpaired) electrons. The van der Waals surface area contributed by atoms with Crippen LogP contribution in [0.25, 0.3) is 27.0 Å². The first-order valence-electron chi connectivity index (χ1n) is 7.42. The van der Waals surface area contributed by atoms with Crippen LogP contribution in [0.2, 0.25) is 0 Å². The van der Waals surface area contributed by atoms with Crippen LogP contribution in [0, 0.1) is 13.8 Å². The summed E-state index contributed by atoms with van der Waals surface area (Å²) in [7, 11) is 0. The highest BCUT2D eigenvalue weighted by Crippen LogP contribution is 2.37. The van der Waals surface area contributed by atoms with Crippen LogP contribution in [0.3, 0.4) is 0 Å². The van der Waals surface area contributed by atoms with Crippen LogP contribution in [-0.2, 0) is 0 Å². The normalized spacial score (nSPS) is 11.9. The van der Waals surface area contributed by atoms with E-state index < -0.39 is 0 Å². The van der Waals surface area contributed by atoms with Gasteiger partial charge in [0.1, 0.15) is 16.2 Å². The lowest BCUT2D eigenvalue weighted by Gasteiger charge is -2.01. The number of aryl methyl sites for hydroxylation is 2. The van der Waals surface area contributed by atoms with Crippen molar-refractivity contribution in [1.29, 1.82) is 0 Å². The second-order valence-corrected chi connectivity index (χ2v) is 7.67. The summed E-state index contributed by atoms with van der Waals surface area (Å²) < 4.78 is 2.03. The molecular weight excluding hydrogens is 340 g/mol. The van der Waals surface area contributed by atoms with E-state index in [2.05, 4.69) is 39.0 Å². The van der Waals surface area contributed by atoms with E-state index in [1.165, 1.54) is 22.2 Å². The second-order valence-electron chi connectivity index (χ2n) is 5.51. The fraction of sp³-hybridized carbons (Fsp3) is 0.125. The first-order valence-corrected chi connectivity index (χ1v) is 9.06. The largest absolute Gasteiger partial charge is 0.254 e. The van der Waals surface area contributed by atoms with E-state index in [0.29, 0.717) is 0 Å². The van der Waals surface area contributed by atoms with Gasteiger partial charge in [0.25, 0.3) is 0 Å². The van der Waals surface area contributed by atoms with Crippen molar-refractivity contribution >= 4 is 50.1 Å². The Morgan fingerprint density at radius 3 is 2.96 bits per heavy atom. The van der Waals surface area contributed by atoms with Gasteiger partial charge in [0.15, 0.2) is 0 Å². The quantitative estimate of drug-likeness (QED) is 0.487. The third kappa shape index (κ3) is 1.90. The SMILES string of the molecule is Cc1sc2ncnc(Sc3n[nH]c4nc5ccccc5n34)c2c1C. The topological polar surface area (TPSA) is 71.8 Å². The molecule has 0 saturated carbocycles. The first-order chi connectivity index (χ1) is 11.7. The minimum absolute atomic E-state index is 0.738. The van der Waals surface area contributed by atoms with Gasteiger partial charge in [0, 0.05) is 10.3 Å². The summed E-state index contributed by atoms with van der Waals surface area (Å²) in [5.41, 5.74) is 3.22. The lowest BCUT2D eigenvalue weighted by molar-refractivity contribution is 0.936. The molecule has 0 saturated heterocycles. The summed E-state index contributed by atoms with van der Waals surface area (Å²) in [6.45, 7) is 4.24. The van der Waals surface area contributed by atoms with Crippen LogP contribution in [0.15, 0.2) is 40.8 Å². The monoisotopic (exact) mass is 352 g/mol. The van der Waals surface area contributed by atoms with Crippen molar-refractivity contribution in [1.82, 2.24) is 29.5 Å². The maximum absolute atomic E-state index is 4.56. The van der Waals surface area contributed by atoms with Gasteiger partial charge in [0.2, 0.25) is 10.9 Å². The van der Waals surface area contributed by atoms with E-state index >= 15 is 0 Å². The Bertz CT molecular complexity index is 1220. The molecule has 5 rings (SSSR count). The van der Waals surface area contributed by atoms with E-state index in [1.807, 2.05) is 28.7 Å². The molecule has 0 atom stereocenters. The van der Waals surface area contributed by atoms with Gasteiger partial charge in [-0.15, -0.1) is 16.4 Å². The summed E-state index contributed by atoms with van der Waals surface area (Å²) in [6, 6.07) is 8.04. The van der Waals surface area contributed by atoms with Crippen LogP contribution in [0.4, 0.5) is 0 Å². The lowest BCUT2D eigenvalue weighted by Crippen LogP contribution is -1.89. The standard InChI is InChI=1S/C16H12N6S2/c1-8-9(2)23-13-12(8)14(18-7-17-13)24-16-21-20-15-19-10-5-3-4-6-11(10)22(15)16/h3-7H,1-2H3,(H,19,20). The molecule has 0 unspecified atom stereocenters. The van der Waals surface area contributed by atoms with Crippen LogP contribution >= 0.6 is 23.1 Å². The molecule has 0 amide bonds. The predicted molar refractivity (Wildman–Crippen MR) is 95.9 cm³/mol. The van der Waals surface area contributed by atoms with E-state index in [-0.39, 0.29) is 0 Å². The molecule has 0 bridgehead atoms. The number of nitrogens with zero attached hydrogens (tertiary/aromatic N) is 5. The number of hydrogen-bond acceptors (Lipinski definition) is 6. The van der Waals surface area contributed by atoms with E-state index in [0.717, 1.165) is 37.2 Å². The third-order valence-corrected chi connectivity index (χ3v) is 6.20. The molecule has 0 aliphatic rings. The molecule has 1 N–H and O–H groups in total. The molecule has 0 spiro atoms. The number of H-pyrrole nitrogens is 1. The maximum atomic E-state index is 4.56. The van der Waals surface area contributed by atoms with Crippen LogP contribution in [-0.4, -0.2) is 29.5 Å². The molecule has 0 aliphatic heterocycles. The average Bonchev–Trinajstić information content (AvgIpc) is 3.22. The molecule has 1 aromatic carbocycles. The number of rotatable bonds is 2. The minimum atomic E-state index is 0.738. The smallest absolute Gasteiger partial charge is 0.231 e. The summed E-state index contributed by atoms with van der Waals surface area (Å²) in [4.78, 5) is 15.8. The highest BCUT2D eigenvalue weighted by atomic mass is 32.2. The molecule has 4 aromatic heterocycles. The number of fused-ring (bicyclic) bond motifs is 4. The van der Waals surface area contributed by atoms with Crippen molar-refractivity contribution in [2.45, 2.75) is 24.0 Å². The summed E-state index contributed by atoms with van der Waals surface area (Å²) in [5, 5.41) is 10.3. The Labute approximate surface area is 145 Å². The van der Waals surface area contributed by atoms with Crippen LogP contribution in [0.1, 0.15) is 10.4 Å². The third-order valence-electron chi connectivity index (χ3n) is 4.12. The number of benzene rings is 1. The van der Waals surface area contributed by atoms with Crippen molar-refractivity contribution in [3.05, 3.63) is 41.0 Å². The molecule has 24 heavy (non-hydrogen) atoms. The van der Waals surface area contributed by atoms with Crippen LogP contribution in [0.5, 0.6) is 0 Å². The molecular formula is C16H12N6S2. The zero-order chi connectivity index (χ0) is 16.3. The Balaban J connectivity index is 1.72. The molecule has 0 fully saturated rings. The fourth-order valence-corrected chi connectivity index (χ4v) is 4.88. The molecule has 6 nitrogen and oxygen atoms in total. The molecule has 4 heterocycles. The molecule has 5 aromatic rings. The average molecular weight is 352 g/mol. The van der Waals surface area contributed by atoms with Gasteiger partial charge in [-0.1, -0.05) is 12.1 Å². The zero-order valence-electron chi connectivity index (χ0n) is 12.9. The van der Waals surface area contributed by atoms with Crippen molar-refractivity contribution in [3.8, 4) is 0 Å². The first kappa shape index (κ1) is 13.9. The highest BCUT2D eigenvalue weighted by molar-refractivity contribution is 7.99. The van der Waals surface area contributed by atoms with Gasteiger partial charge in [-0.3, -0.25) is 4.40 Å². The van der Waals surface area contributed by atoms with Gasteiger partial charge in [-0.05, 0) is 43.3 Å². The summed E-state index contributed by atoms with van der Waals surface area (Å²) in [5.74, 6) is 0.738. The van der Waals surface area contributed by atoms with Gasteiger partial charge in [-0.25, -0.2) is 20.1 Å². The number of nitrogens with one attached hydrogen (secondary N) is 1. The second kappa shape index (κ2) is 5.02. The fourth-order valence-electron chi connectivity index (χ4n) is 2.82. The summed E-state index contributed by atoms with van der Waals surface area (Å²) >= 11 is 3.24. The van der Waals surface area contributed by atoms with Crippen LogP contribution < -0.4 is 0 Å².